The molecule has 0 saturated heterocycles. The topological polar surface area (TPSA) is 0 Å². The Balaban J connectivity index is 0.000000157. The van der Waals surface area contributed by atoms with Gasteiger partial charge in [-0.05, 0) is 146 Å². The average Bonchev–Trinajstić information content (AvgIpc) is 1.32. The zero-order chi connectivity index (χ0) is 60.2. The van der Waals surface area contributed by atoms with Crippen LogP contribution in [0.2, 0.25) is 13.1 Å². The molecule has 0 N–H and O–H groups in total. The molecule has 0 aliphatic heterocycles. The molecule has 0 fully saturated rings. The molecule has 16 rings (SSSR count). The van der Waals surface area contributed by atoms with Crippen molar-refractivity contribution in [2.45, 2.75) is 91.1 Å². The maximum Gasteiger partial charge on any atom is 2.00 e. The van der Waals surface area contributed by atoms with E-state index in [2.05, 4.69) is 294 Å². The summed E-state index contributed by atoms with van der Waals surface area (Å²) in [6, 6.07) is 100. The summed E-state index contributed by atoms with van der Waals surface area (Å²) in [5.74, 6) is 0. The van der Waals surface area contributed by atoms with Gasteiger partial charge in [0.2, 0.25) is 0 Å². The molecule has 0 heterocycles. The van der Waals surface area contributed by atoms with Crippen LogP contribution in [-0.4, -0.2) is 9.52 Å². The number of hydrogen-bond acceptors (Lipinski definition) is 0. The van der Waals surface area contributed by atoms with Crippen molar-refractivity contribution in [3.05, 3.63) is 278 Å². The van der Waals surface area contributed by atoms with Crippen molar-refractivity contribution in [2.75, 3.05) is 0 Å². The molecular weight excluding hydrogens is 1180 g/mol. The molecule has 0 aliphatic carbocycles. The molecule has 0 bridgehead atoms. The van der Waals surface area contributed by atoms with Gasteiger partial charge in [0.05, 0.1) is 0 Å². The molecule has 0 atom stereocenters. The minimum atomic E-state index is 0. The second kappa shape index (κ2) is 27.3. The van der Waals surface area contributed by atoms with Gasteiger partial charge in [-0.25, -0.2) is 0 Å². The summed E-state index contributed by atoms with van der Waals surface area (Å²) in [6.45, 7) is 8.89. The summed E-state index contributed by atoms with van der Waals surface area (Å²) in [7, 11) is 1.08. The predicted octanol–water partition coefficient (Wildman–Crippen LogP) is 26.0. The van der Waals surface area contributed by atoms with E-state index in [-0.39, 0.29) is 26.2 Å². The standard InChI is InChI=1S/2C43H35.C2H6Si.Zr/c2*1-2-3-4-5-14-29-25-40-38(42-34-19-10-6-15-30(34)27-31-16-7-11-20-35(31)42)23-24-39(41(40)26-29)43-36-21-12-8-17-32(36)28-33-18-9-13-22-37(33)43;1-3-2;/h2*6-13,15-28H,2-5,14H2,1H3;1-2H3;/q2*-1;;+2. The van der Waals surface area contributed by atoms with Crippen LogP contribution in [-0.2, 0) is 39.0 Å². The van der Waals surface area contributed by atoms with Crippen molar-refractivity contribution in [3.63, 3.8) is 0 Å². The summed E-state index contributed by atoms with van der Waals surface area (Å²) in [6.07, 6.45) is 12.5. The zero-order valence-corrected chi connectivity index (χ0v) is 55.9. The van der Waals surface area contributed by atoms with Gasteiger partial charge in [-0.2, -0.15) is 12.1 Å². The van der Waals surface area contributed by atoms with E-state index in [4.69, 9.17) is 0 Å². The number of benzene rings is 14. The molecule has 0 aromatic heterocycles. The largest absolute Gasteiger partial charge is 2.00 e. The molecule has 0 nitrogen and oxygen atoms in total. The second-order valence-electron chi connectivity index (χ2n) is 24.6. The normalized spacial score (nSPS) is 11.5. The van der Waals surface area contributed by atoms with E-state index in [1.165, 1.54) is 215 Å². The first-order valence-electron chi connectivity index (χ1n) is 32.7. The van der Waals surface area contributed by atoms with Gasteiger partial charge in [-0.1, -0.05) is 319 Å². The number of aryl methyl sites for hydroxylation is 2. The van der Waals surface area contributed by atoms with Crippen LogP contribution >= 0.6 is 0 Å². The molecule has 16 aromatic carbocycles. The second-order valence-corrected chi connectivity index (χ2v) is 25.6. The number of unbranched alkanes of at least 4 members (excludes halogenated alkanes) is 6. The van der Waals surface area contributed by atoms with Crippen LogP contribution in [0.5, 0.6) is 0 Å². The molecule has 436 valence electrons. The van der Waals surface area contributed by atoms with Gasteiger partial charge >= 0.3 is 26.2 Å². The van der Waals surface area contributed by atoms with Crippen LogP contribution in [0.3, 0.4) is 0 Å². The van der Waals surface area contributed by atoms with Crippen molar-refractivity contribution in [3.8, 4) is 44.5 Å². The fourth-order valence-corrected chi connectivity index (χ4v) is 14.6. The van der Waals surface area contributed by atoms with Crippen LogP contribution in [0.1, 0.15) is 76.3 Å². The number of fused-ring (bicyclic) bond motifs is 10. The van der Waals surface area contributed by atoms with Crippen molar-refractivity contribution in [1.29, 1.82) is 0 Å². The first kappa shape index (κ1) is 60.4. The first-order chi connectivity index (χ1) is 44.0. The Morgan fingerprint density at radius 3 is 0.722 bits per heavy atom. The number of hydrogen-bond donors (Lipinski definition) is 0. The van der Waals surface area contributed by atoms with Crippen LogP contribution in [0.15, 0.2) is 267 Å². The maximum atomic E-state index is 2.50. The molecule has 0 unspecified atom stereocenters. The fourth-order valence-electron chi connectivity index (χ4n) is 14.6. The summed E-state index contributed by atoms with van der Waals surface area (Å²) < 4.78 is 0. The third kappa shape index (κ3) is 11.6. The van der Waals surface area contributed by atoms with Crippen LogP contribution in [0.25, 0.3) is 152 Å². The molecule has 0 spiro atoms. The predicted molar refractivity (Wildman–Crippen MR) is 394 cm³/mol. The summed E-state index contributed by atoms with van der Waals surface area (Å²) in [4.78, 5) is 0. The van der Waals surface area contributed by atoms with Gasteiger partial charge in [0.25, 0.3) is 0 Å². The molecular formula is C88H76SiZr. The van der Waals surface area contributed by atoms with Crippen LogP contribution in [0, 0.1) is 0 Å². The van der Waals surface area contributed by atoms with E-state index >= 15 is 0 Å². The maximum absolute atomic E-state index is 2.50. The molecule has 2 radical (unpaired) electrons. The van der Waals surface area contributed by atoms with E-state index in [1.807, 2.05) is 0 Å². The smallest absolute Gasteiger partial charge is 0.164 e. The van der Waals surface area contributed by atoms with Gasteiger partial charge in [0, 0.05) is 9.52 Å². The zero-order valence-electron chi connectivity index (χ0n) is 52.5. The quantitative estimate of drug-likeness (QED) is 0.0441. The van der Waals surface area contributed by atoms with Crippen molar-refractivity contribution in [1.82, 2.24) is 0 Å². The Kier molecular flexibility index (Phi) is 18.3. The third-order valence-electron chi connectivity index (χ3n) is 18.7. The Labute approximate surface area is 552 Å². The average molecular weight is 1250 g/mol. The van der Waals surface area contributed by atoms with E-state index in [1.54, 1.807) is 0 Å². The Morgan fingerprint density at radius 2 is 0.478 bits per heavy atom. The molecule has 90 heavy (non-hydrogen) atoms. The van der Waals surface area contributed by atoms with Crippen molar-refractivity contribution in [2.24, 2.45) is 0 Å². The molecule has 0 amide bonds. The molecule has 0 saturated carbocycles. The van der Waals surface area contributed by atoms with Gasteiger partial charge in [-0.3, -0.25) is 0 Å². The SMILES string of the molecule is CCCCCCc1cc2c(-c3c4ccccc4cc4ccccc34)ccc(-c3c4ccccc4cc4ccccc34)c2[cH-]1.CCCCCCc1cc2c(-c3c4ccccc4cc4ccccc34)ccc(-c3c4ccccc4cc4ccccc34)c2[cH-]1.C[Si]C.[Zr+2]. The minimum Gasteiger partial charge on any atom is -0.164 e. The van der Waals surface area contributed by atoms with Gasteiger partial charge in [-0.15, -0.1) is 44.8 Å². The fraction of sp³-hybridized carbons (Fsp3) is 0.159. The monoisotopic (exact) mass is 1250 g/mol. The van der Waals surface area contributed by atoms with E-state index < -0.39 is 0 Å². The van der Waals surface area contributed by atoms with Gasteiger partial charge in [0.1, 0.15) is 0 Å². The van der Waals surface area contributed by atoms with Crippen LogP contribution in [0.4, 0.5) is 0 Å². The summed E-state index contributed by atoms with van der Waals surface area (Å²) >= 11 is 0. The minimum absolute atomic E-state index is 0. The Hall–Kier alpha value is -8.52. The van der Waals surface area contributed by atoms with E-state index in [9.17, 15) is 0 Å². The van der Waals surface area contributed by atoms with E-state index in [0.29, 0.717) is 0 Å². The Morgan fingerprint density at radius 1 is 0.256 bits per heavy atom. The van der Waals surface area contributed by atoms with Crippen molar-refractivity contribution < 1.29 is 26.2 Å². The first-order valence-corrected chi connectivity index (χ1v) is 34.7. The van der Waals surface area contributed by atoms with Gasteiger partial charge in [0.15, 0.2) is 0 Å². The molecule has 2 heteroatoms. The molecule has 16 aromatic rings. The molecule has 0 aliphatic rings. The Bertz CT molecular complexity index is 4390. The van der Waals surface area contributed by atoms with Crippen LogP contribution < -0.4 is 0 Å². The van der Waals surface area contributed by atoms with Gasteiger partial charge < -0.3 is 0 Å². The number of rotatable bonds is 14. The summed E-state index contributed by atoms with van der Waals surface area (Å²) in [5.41, 5.74) is 13.6. The third-order valence-corrected chi connectivity index (χ3v) is 18.7. The van der Waals surface area contributed by atoms with E-state index in [0.717, 1.165) is 22.4 Å². The summed E-state index contributed by atoms with van der Waals surface area (Å²) in [5, 5.41) is 26.3. The van der Waals surface area contributed by atoms with Crippen molar-refractivity contribution >= 4 is 117 Å².